The summed E-state index contributed by atoms with van der Waals surface area (Å²) >= 11 is 14.1. The predicted octanol–water partition coefficient (Wildman–Crippen LogP) is 8.16. The minimum atomic E-state index is -0.717. The van der Waals surface area contributed by atoms with Crippen LogP contribution in [0.1, 0.15) is 36.6 Å². The van der Waals surface area contributed by atoms with Crippen LogP contribution in [0.2, 0.25) is 10.2 Å². The topological polar surface area (TPSA) is 85.7 Å². The highest BCUT2D eigenvalue weighted by Crippen LogP contribution is 2.43. The molecule has 4 heterocycles. The summed E-state index contributed by atoms with van der Waals surface area (Å²) in [7, 11) is 3.30. The lowest BCUT2D eigenvalue weighted by Crippen LogP contribution is -2.40. The van der Waals surface area contributed by atoms with E-state index in [1.807, 2.05) is 67.8 Å². The van der Waals surface area contributed by atoms with Crippen LogP contribution in [0.4, 0.5) is 16.0 Å². The molecule has 9 nitrogen and oxygen atoms in total. The lowest BCUT2D eigenvalue weighted by atomic mass is 10.0. The van der Waals surface area contributed by atoms with E-state index in [2.05, 4.69) is 26.7 Å². The second-order valence-electron chi connectivity index (χ2n) is 11.1. The monoisotopic (exact) mass is 694 g/mol. The van der Waals surface area contributed by atoms with Crippen molar-refractivity contribution < 1.29 is 18.6 Å². The van der Waals surface area contributed by atoms with Gasteiger partial charge < -0.3 is 24.0 Å². The van der Waals surface area contributed by atoms with Crippen molar-refractivity contribution in [2.45, 2.75) is 44.2 Å². The largest absolute Gasteiger partial charge is 0.497 e. The molecule has 2 aromatic carbocycles. The molecule has 5 aromatic rings. The first-order valence-corrected chi connectivity index (χ1v) is 16.9. The van der Waals surface area contributed by atoms with Crippen molar-refractivity contribution in [1.82, 2.24) is 19.9 Å². The van der Waals surface area contributed by atoms with E-state index in [0.717, 1.165) is 34.0 Å². The molecule has 1 aliphatic rings. The van der Waals surface area contributed by atoms with Gasteiger partial charge in [-0.3, -0.25) is 0 Å². The Morgan fingerprint density at radius 2 is 1.62 bits per heavy atom. The van der Waals surface area contributed by atoms with Crippen molar-refractivity contribution in [3.05, 3.63) is 93.5 Å². The summed E-state index contributed by atoms with van der Waals surface area (Å²) in [4.78, 5) is 22.8. The summed E-state index contributed by atoms with van der Waals surface area (Å²) < 4.78 is 32.3. The van der Waals surface area contributed by atoms with E-state index in [1.54, 1.807) is 20.4 Å². The fourth-order valence-electron chi connectivity index (χ4n) is 5.79. The number of pyridine rings is 2. The minimum absolute atomic E-state index is 0.0609. The Labute approximate surface area is 287 Å². The van der Waals surface area contributed by atoms with Gasteiger partial charge in [0.2, 0.25) is 5.88 Å². The van der Waals surface area contributed by atoms with Crippen molar-refractivity contribution >= 4 is 57.5 Å². The van der Waals surface area contributed by atoms with Gasteiger partial charge in [0, 0.05) is 24.8 Å². The third kappa shape index (κ3) is 6.70. The molecule has 1 aliphatic heterocycles. The van der Waals surface area contributed by atoms with Crippen LogP contribution in [0.15, 0.2) is 66.0 Å². The first-order chi connectivity index (χ1) is 22.7. The van der Waals surface area contributed by atoms with Gasteiger partial charge in [-0.05, 0) is 61.6 Å². The van der Waals surface area contributed by atoms with Gasteiger partial charge in [-0.1, -0.05) is 59.2 Å². The zero-order chi connectivity index (χ0) is 33.2. The van der Waals surface area contributed by atoms with Crippen molar-refractivity contribution in [2.75, 3.05) is 36.9 Å². The first kappa shape index (κ1) is 32.9. The van der Waals surface area contributed by atoms with Crippen molar-refractivity contribution in [1.29, 1.82) is 0 Å². The van der Waals surface area contributed by atoms with Gasteiger partial charge >= 0.3 is 0 Å². The van der Waals surface area contributed by atoms with Crippen LogP contribution in [-0.4, -0.2) is 53.1 Å². The number of aromatic nitrogens is 4. The van der Waals surface area contributed by atoms with Gasteiger partial charge in [-0.25, -0.2) is 19.3 Å². The number of hydrogen-bond acceptors (Lipinski definition) is 10. The second kappa shape index (κ2) is 14.0. The number of methoxy groups -OCH3 is 2. The molecule has 0 unspecified atom stereocenters. The smallest absolute Gasteiger partial charge is 0.228 e. The lowest BCUT2D eigenvalue weighted by Gasteiger charge is -2.37. The first-order valence-electron chi connectivity index (χ1n) is 14.9. The molecule has 0 fully saturated rings. The van der Waals surface area contributed by atoms with Gasteiger partial charge in [0.15, 0.2) is 16.1 Å². The van der Waals surface area contributed by atoms with Gasteiger partial charge in [0.25, 0.3) is 0 Å². The van der Waals surface area contributed by atoms with E-state index in [1.165, 1.54) is 11.8 Å². The van der Waals surface area contributed by atoms with Crippen LogP contribution in [0.25, 0.3) is 10.9 Å². The summed E-state index contributed by atoms with van der Waals surface area (Å²) in [5.41, 5.74) is 3.06. The number of thioether (sulfide) groups is 1. The van der Waals surface area contributed by atoms with E-state index in [-0.39, 0.29) is 35.2 Å². The molecular weight excluding hydrogens is 662 g/mol. The Balaban J connectivity index is 1.48. The van der Waals surface area contributed by atoms with Crippen LogP contribution >= 0.6 is 35.0 Å². The minimum Gasteiger partial charge on any atom is -0.497 e. The molecule has 0 amide bonds. The van der Waals surface area contributed by atoms with Crippen LogP contribution in [0.5, 0.6) is 17.4 Å². The van der Waals surface area contributed by atoms with E-state index in [4.69, 9.17) is 47.4 Å². The maximum Gasteiger partial charge on any atom is 0.228 e. The van der Waals surface area contributed by atoms with Crippen molar-refractivity contribution in [2.24, 2.45) is 0 Å². The van der Waals surface area contributed by atoms with Crippen LogP contribution < -0.4 is 24.0 Å². The molecule has 0 bridgehead atoms. The normalized spacial score (nSPS) is 14.8. The average molecular weight is 696 g/mol. The molecular formula is C34H33Cl2FN6O3S. The van der Waals surface area contributed by atoms with Gasteiger partial charge in [-0.2, -0.15) is 4.98 Å². The number of hydrogen-bond donors (Lipinski definition) is 0. The highest BCUT2D eigenvalue weighted by atomic mass is 35.5. The van der Waals surface area contributed by atoms with E-state index in [0.29, 0.717) is 34.5 Å². The molecule has 0 spiro atoms. The molecule has 0 aliphatic carbocycles. The summed E-state index contributed by atoms with van der Waals surface area (Å²) in [6.07, 6.45) is 3.50. The Hall–Kier alpha value is -4.06. The quantitative estimate of drug-likeness (QED) is 0.0811. The third-order valence-electron chi connectivity index (χ3n) is 8.13. The Morgan fingerprint density at radius 3 is 2.19 bits per heavy atom. The molecule has 0 N–H and O–H groups in total. The molecule has 0 saturated heterocycles. The highest BCUT2D eigenvalue weighted by molar-refractivity contribution is 7.98. The zero-order valence-electron chi connectivity index (χ0n) is 26.5. The summed E-state index contributed by atoms with van der Waals surface area (Å²) in [6.45, 7) is 5.44. The molecule has 2 atom stereocenters. The fourth-order valence-corrected chi connectivity index (χ4v) is 6.48. The number of halogens is 3. The van der Waals surface area contributed by atoms with Gasteiger partial charge in [-0.15, -0.1) is 0 Å². The Morgan fingerprint density at radius 1 is 1.00 bits per heavy atom. The summed E-state index contributed by atoms with van der Waals surface area (Å²) in [5.74, 6) is 2.27. The molecule has 0 radical (unpaired) electrons. The summed E-state index contributed by atoms with van der Waals surface area (Å²) in [6, 6.07) is 17.3. The van der Waals surface area contributed by atoms with Crippen LogP contribution in [-0.2, 0) is 13.1 Å². The molecule has 6 rings (SSSR count). The third-order valence-corrected chi connectivity index (χ3v) is 9.13. The molecule has 244 valence electrons. The van der Waals surface area contributed by atoms with Crippen LogP contribution in [0, 0.1) is 5.82 Å². The Bertz CT molecular complexity index is 1850. The SMILES string of the molecule is COc1ccc(CN(Cc2ccc(OC)cc2)c2ncc(Cl)cc2[C@@H](C)N2c3nc(SC)nc4c(F)c(Cl)nc(c34)OC[C@@H]2C)cc1. The number of ether oxygens (including phenoxy) is 3. The summed E-state index contributed by atoms with van der Waals surface area (Å²) in [5, 5.41) is 0.954. The van der Waals surface area contributed by atoms with E-state index >= 15 is 4.39 Å². The highest BCUT2D eigenvalue weighted by Gasteiger charge is 2.34. The van der Waals surface area contributed by atoms with E-state index < -0.39 is 5.82 Å². The number of benzene rings is 2. The van der Waals surface area contributed by atoms with Crippen LogP contribution in [0.3, 0.4) is 0 Å². The Kier molecular flexibility index (Phi) is 9.77. The molecule has 3 aromatic heterocycles. The molecule has 0 saturated carbocycles. The lowest BCUT2D eigenvalue weighted by molar-refractivity contribution is 0.281. The van der Waals surface area contributed by atoms with Gasteiger partial charge in [0.1, 0.15) is 40.6 Å². The second-order valence-corrected chi connectivity index (χ2v) is 12.7. The number of rotatable bonds is 10. The fraction of sp³-hybridized carbons (Fsp3) is 0.294. The van der Waals surface area contributed by atoms with E-state index in [9.17, 15) is 0 Å². The maximum absolute atomic E-state index is 15.4. The van der Waals surface area contributed by atoms with Crippen molar-refractivity contribution in [3.8, 4) is 17.4 Å². The standard InChI is InChI=1S/C34H33Cl2FN6O3S/c1-19-18-46-33-27-29(28(37)30(36)40-33)39-34(47-5)41-32(27)43(19)20(2)26-14-23(35)15-38-31(26)42(16-21-6-10-24(44-3)11-7-21)17-22-8-12-25(45-4)13-9-22/h6-15,19-20H,16-18H2,1-5H3/t19-,20+/m0/s1. The zero-order valence-corrected chi connectivity index (χ0v) is 28.8. The molecule has 47 heavy (non-hydrogen) atoms. The molecule has 13 heteroatoms. The number of nitrogens with zero attached hydrogens (tertiary/aromatic N) is 6. The predicted molar refractivity (Wildman–Crippen MR) is 185 cm³/mol. The number of anilines is 2. The average Bonchev–Trinajstić information content (AvgIpc) is 3.22. The maximum atomic E-state index is 15.4. The van der Waals surface area contributed by atoms with Crippen molar-refractivity contribution in [3.63, 3.8) is 0 Å². The van der Waals surface area contributed by atoms with Gasteiger partial charge in [0.05, 0.1) is 31.3 Å².